The summed E-state index contributed by atoms with van der Waals surface area (Å²) in [5, 5.41) is 0. The Labute approximate surface area is 66.7 Å². The summed E-state index contributed by atoms with van der Waals surface area (Å²) < 4.78 is 9.69. The molecule has 0 heterocycles. The van der Waals surface area contributed by atoms with Crippen LogP contribution in [0.4, 0.5) is 0 Å². The molecule has 66 valence electrons. The molecule has 0 saturated heterocycles. The van der Waals surface area contributed by atoms with E-state index in [1.807, 2.05) is 6.92 Å². The molecule has 11 heavy (non-hydrogen) atoms. The number of esters is 1. The molecule has 0 spiro atoms. The highest BCUT2D eigenvalue weighted by atomic mass is 16.6. The normalized spacial score (nSPS) is 9.64. The summed E-state index contributed by atoms with van der Waals surface area (Å²) in [6, 6.07) is 0. The molecule has 0 aromatic carbocycles. The minimum Gasteiger partial charge on any atom is -0.463 e. The summed E-state index contributed by atoms with van der Waals surface area (Å²) in [6.07, 6.45) is 0.284. The number of carbonyl (C=O) groups excluding carboxylic acids is 1. The maximum atomic E-state index is 10.6. The van der Waals surface area contributed by atoms with Crippen molar-refractivity contribution in [3.63, 3.8) is 0 Å². The van der Waals surface area contributed by atoms with E-state index in [1.54, 1.807) is 0 Å². The van der Waals surface area contributed by atoms with Crippen molar-refractivity contribution >= 4 is 5.97 Å². The van der Waals surface area contributed by atoms with Crippen LogP contribution in [0.1, 0.15) is 13.3 Å². The molecule has 4 heteroatoms. The second kappa shape index (κ2) is 7.50. The first-order valence-corrected chi connectivity index (χ1v) is 3.74. The highest BCUT2D eigenvalue weighted by molar-refractivity contribution is 5.69. The van der Waals surface area contributed by atoms with Gasteiger partial charge in [-0.3, -0.25) is 4.79 Å². The van der Waals surface area contributed by atoms with Crippen molar-refractivity contribution in [1.82, 2.24) is 0 Å². The van der Waals surface area contributed by atoms with Gasteiger partial charge in [0, 0.05) is 13.2 Å². The van der Waals surface area contributed by atoms with Gasteiger partial charge in [-0.2, -0.15) is 0 Å². The molecule has 0 fully saturated rings. The van der Waals surface area contributed by atoms with Gasteiger partial charge in [0.2, 0.25) is 0 Å². The van der Waals surface area contributed by atoms with Gasteiger partial charge in [0.05, 0.1) is 13.0 Å². The monoisotopic (exact) mass is 161 g/mol. The zero-order valence-corrected chi connectivity index (χ0v) is 6.84. The summed E-state index contributed by atoms with van der Waals surface area (Å²) in [6.45, 7) is 3.67. The smallest absolute Gasteiger partial charge is 0.307 e. The highest BCUT2D eigenvalue weighted by Crippen LogP contribution is 1.84. The van der Waals surface area contributed by atoms with Gasteiger partial charge in [-0.15, -0.1) is 0 Å². The Hall–Kier alpha value is -0.610. The summed E-state index contributed by atoms with van der Waals surface area (Å²) in [4.78, 5) is 10.6. The molecule has 4 nitrogen and oxygen atoms in total. The second-order valence-electron chi connectivity index (χ2n) is 1.96. The Kier molecular flexibility index (Phi) is 7.08. The molecule has 0 rings (SSSR count). The number of hydrogen-bond donors (Lipinski definition) is 1. The number of nitrogens with two attached hydrogens (primary N) is 1. The zero-order chi connectivity index (χ0) is 8.53. The maximum Gasteiger partial charge on any atom is 0.307 e. The Morgan fingerprint density at radius 1 is 1.45 bits per heavy atom. The Morgan fingerprint density at radius 2 is 2.18 bits per heavy atom. The van der Waals surface area contributed by atoms with Crippen LogP contribution < -0.4 is 5.73 Å². The Balaban J connectivity index is 3.04. The fourth-order valence-electron chi connectivity index (χ4n) is 0.549. The fraction of sp³-hybridized carbons (Fsp3) is 0.857. The SMILES string of the molecule is CCOCCOC(=O)CCN. The van der Waals surface area contributed by atoms with Crippen molar-refractivity contribution < 1.29 is 14.3 Å². The standard InChI is InChI=1S/C7H15NO3/c1-2-10-5-6-11-7(9)3-4-8/h2-6,8H2,1H3. The zero-order valence-electron chi connectivity index (χ0n) is 6.84. The van der Waals surface area contributed by atoms with E-state index in [0.717, 1.165) is 0 Å². The Bertz CT molecular complexity index is 106. The molecule has 0 aromatic rings. The maximum absolute atomic E-state index is 10.6. The minimum absolute atomic E-state index is 0.257. The van der Waals surface area contributed by atoms with Crippen LogP contribution in [0.2, 0.25) is 0 Å². The molecule has 0 aliphatic heterocycles. The van der Waals surface area contributed by atoms with E-state index in [9.17, 15) is 4.79 Å². The van der Waals surface area contributed by atoms with Crippen LogP contribution in [0, 0.1) is 0 Å². The number of carbonyl (C=O) groups is 1. The second-order valence-corrected chi connectivity index (χ2v) is 1.96. The lowest BCUT2D eigenvalue weighted by Gasteiger charge is -2.02. The van der Waals surface area contributed by atoms with Crippen molar-refractivity contribution in [2.24, 2.45) is 5.73 Å². The van der Waals surface area contributed by atoms with Gasteiger partial charge in [-0.25, -0.2) is 0 Å². The van der Waals surface area contributed by atoms with E-state index < -0.39 is 0 Å². The molecule has 0 unspecified atom stereocenters. The van der Waals surface area contributed by atoms with Crippen LogP contribution in [-0.4, -0.2) is 32.3 Å². The largest absolute Gasteiger partial charge is 0.463 e. The van der Waals surface area contributed by atoms with Crippen molar-refractivity contribution in [3.05, 3.63) is 0 Å². The lowest BCUT2D eigenvalue weighted by molar-refractivity contribution is -0.144. The van der Waals surface area contributed by atoms with Crippen LogP contribution in [0.25, 0.3) is 0 Å². The molecule has 0 bridgehead atoms. The van der Waals surface area contributed by atoms with E-state index in [4.69, 9.17) is 15.2 Å². The van der Waals surface area contributed by atoms with Crippen molar-refractivity contribution in [2.75, 3.05) is 26.4 Å². The van der Waals surface area contributed by atoms with Gasteiger partial charge < -0.3 is 15.2 Å². The van der Waals surface area contributed by atoms with Gasteiger partial charge in [0.1, 0.15) is 6.61 Å². The van der Waals surface area contributed by atoms with E-state index in [0.29, 0.717) is 26.4 Å². The van der Waals surface area contributed by atoms with E-state index in [1.165, 1.54) is 0 Å². The highest BCUT2D eigenvalue weighted by Gasteiger charge is 1.98. The average molecular weight is 161 g/mol. The van der Waals surface area contributed by atoms with E-state index in [-0.39, 0.29) is 12.4 Å². The lowest BCUT2D eigenvalue weighted by Crippen LogP contribution is -2.14. The molecular weight excluding hydrogens is 146 g/mol. The number of ether oxygens (including phenoxy) is 2. The predicted molar refractivity (Wildman–Crippen MR) is 41.1 cm³/mol. The number of hydrogen-bond acceptors (Lipinski definition) is 4. The molecular formula is C7H15NO3. The lowest BCUT2D eigenvalue weighted by atomic mass is 10.4. The van der Waals surface area contributed by atoms with E-state index >= 15 is 0 Å². The molecule has 0 aliphatic carbocycles. The van der Waals surface area contributed by atoms with Gasteiger partial charge in [0.15, 0.2) is 0 Å². The van der Waals surface area contributed by atoms with Crippen LogP contribution in [0.15, 0.2) is 0 Å². The van der Waals surface area contributed by atoms with Crippen LogP contribution in [-0.2, 0) is 14.3 Å². The minimum atomic E-state index is -0.257. The first kappa shape index (κ1) is 10.4. The van der Waals surface area contributed by atoms with Crippen LogP contribution >= 0.6 is 0 Å². The summed E-state index contributed by atoms with van der Waals surface area (Å²) >= 11 is 0. The molecule has 0 aromatic heterocycles. The van der Waals surface area contributed by atoms with Gasteiger partial charge in [-0.05, 0) is 6.92 Å². The van der Waals surface area contributed by atoms with Crippen molar-refractivity contribution in [3.8, 4) is 0 Å². The fourth-order valence-corrected chi connectivity index (χ4v) is 0.549. The molecule has 0 radical (unpaired) electrons. The molecule has 0 amide bonds. The summed E-state index contributed by atoms with van der Waals surface area (Å²) in [5.41, 5.74) is 5.13. The van der Waals surface area contributed by atoms with Gasteiger partial charge in [0.25, 0.3) is 0 Å². The van der Waals surface area contributed by atoms with Crippen LogP contribution in [0.5, 0.6) is 0 Å². The summed E-state index contributed by atoms with van der Waals surface area (Å²) in [5.74, 6) is -0.257. The first-order chi connectivity index (χ1) is 5.31. The van der Waals surface area contributed by atoms with Gasteiger partial charge >= 0.3 is 5.97 Å². The first-order valence-electron chi connectivity index (χ1n) is 3.74. The predicted octanol–water partition coefficient (Wildman–Crippen LogP) is -0.0851. The Morgan fingerprint density at radius 3 is 2.73 bits per heavy atom. The summed E-state index contributed by atoms with van der Waals surface area (Å²) in [7, 11) is 0. The molecule has 0 saturated carbocycles. The van der Waals surface area contributed by atoms with Gasteiger partial charge in [-0.1, -0.05) is 0 Å². The topological polar surface area (TPSA) is 61.5 Å². The van der Waals surface area contributed by atoms with Crippen molar-refractivity contribution in [2.45, 2.75) is 13.3 Å². The molecule has 0 aliphatic rings. The van der Waals surface area contributed by atoms with Crippen LogP contribution in [0.3, 0.4) is 0 Å². The quantitative estimate of drug-likeness (QED) is 0.437. The number of rotatable bonds is 6. The molecule has 0 atom stereocenters. The third-order valence-electron chi connectivity index (χ3n) is 1.04. The third-order valence-corrected chi connectivity index (χ3v) is 1.04. The van der Waals surface area contributed by atoms with E-state index in [2.05, 4.69) is 0 Å². The molecule has 2 N–H and O–H groups in total. The van der Waals surface area contributed by atoms with Crippen molar-refractivity contribution in [1.29, 1.82) is 0 Å². The average Bonchev–Trinajstić information content (AvgIpc) is 1.99. The third kappa shape index (κ3) is 7.29.